The molecule has 0 aromatic heterocycles. The fourth-order valence-electron chi connectivity index (χ4n) is 1.95. The van der Waals surface area contributed by atoms with Crippen LogP contribution < -0.4 is 0 Å². The summed E-state index contributed by atoms with van der Waals surface area (Å²) in [6.45, 7) is 7.41. The van der Waals surface area contributed by atoms with Crippen LogP contribution in [-0.2, 0) is 20.7 Å². The van der Waals surface area contributed by atoms with Crippen LogP contribution in [0.3, 0.4) is 0 Å². The number of rotatable bonds is 4. The van der Waals surface area contributed by atoms with E-state index in [1.54, 1.807) is 12.1 Å². The number of aryl methyl sites for hydroxylation is 1. The molecule has 0 saturated heterocycles. The number of hydrogen-bond donors (Lipinski definition) is 0. The molecule has 4 heteroatoms. The van der Waals surface area contributed by atoms with E-state index in [1.807, 2.05) is 33.8 Å². The van der Waals surface area contributed by atoms with E-state index in [1.165, 1.54) is 7.11 Å². The van der Waals surface area contributed by atoms with Crippen molar-refractivity contribution in [3.63, 3.8) is 0 Å². The van der Waals surface area contributed by atoms with Crippen LogP contribution in [0.5, 0.6) is 0 Å². The van der Waals surface area contributed by atoms with Gasteiger partial charge in [0.15, 0.2) is 0 Å². The first kappa shape index (κ1) is 16.2. The molecule has 0 bridgehead atoms. The predicted octanol–water partition coefficient (Wildman–Crippen LogP) is 3.06. The van der Waals surface area contributed by atoms with E-state index >= 15 is 0 Å². The number of benzene rings is 1. The lowest BCUT2D eigenvalue weighted by Crippen LogP contribution is -2.24. The standard InChI is InChI=1S/C16H22O4/c1-11-7-6-8-13(15(18)19-5)12(11)9-10-14(17)20-16(2,3)4/h6-8H,9-10H2,1-5H3. The minimum Gasteiger partial charge on any atom is -0.465 e. The topological polar surface area (TPSA) is 52.6 Å². The van der Waals surface area contributed by atoms with Crippen LogP contribution >= 0.6 is 0 Å². The summed E-state index contributed by atoms with van der Waals surface area (Å²) in [6.07, 6.45) is 0.706. The van der Waals surface area contributed by atoms with Gasteiger partial charge in [0.05, 0.1) is 12.7 Å². The summed E-state index contributed by atoms with van der Waals surface area (Å²) in [7, 11) is 1.35. The zero-order valence-electron chi connectivity index (χ0n) is 12.8. The van der Waals surface area contributed by atoms with Crippen LogP contribution in [0, 0.1) is 6.92 Å². The van der Waals surface area contributed by atoms with Gasteiger partial charge in [0.1, 0.15) is 5.60 Å². The van der Waals surface area contributed by atoms with E-state index in [-0.39, 0.29) is 18.4 Å². The molecule has 20 heavy (non-hydrogen) atoms. The number of ether oxygens (including phenoxy) is 2. The summed E-state index contributed by atoms with van der Waals surface area (Å²) in [5, 5.41) is 0. The Kier molecular flexibility index (Phi) is 5.31. The highest BCUT2D eigenvalue weighted by Crippen LogP contribution is 2.18. The first-order valence-corrected chi connectivity index (χ1v) is 6.63. The van der Waals surface area contributed by atoms with Crippen molar-refractivity contribution in [1.29, 1.82) is 0 Å². The molecule has 0 amide bonds. The lowest BCUT2D eigenvalue weighted by molar-refractivity contribution is -0.154. The van der Waals surface area contributed by atoms with Crippen molar-refractivity contribution in [2.24, 2.45) is 0 Å². The Labute approximate surface area is 120 Å². The number of hydrogen-bond acceptors (Lipinski definition) is 4. The Hall–Kier alpha value is -1.84. The quantitative estimate of drug-likeness (QED) is 0.794. The molecule has 0 radical (unpaired) electrons. The number of carbonyl (C=O) groups excluding carboxylic acids is 2. The average Bonchev–Trinajstić information content (AvgIpc) is 2.34. The summed E-state index contributed by atoms with van der Waals surface area (Å²) in [6, 6.07) is 5.43. The van der Waals surface area contributed by atoms with Crippen LogP contribution in [0.15, 0.2) is 18.2 Å². The predicted molar refractivity (Wildman–Crippen MR) is 76.7 cm³/mol. The third-order valence-electron chi connectivity index (χ3n) is 2.81. The Bertz CT molecular complexity index is 498. The number of carbonyl (C=O) groups is 2. The highest BCUT2D eigenvalue weighted by Gasteiger charge is 2.18. The Morgan fingerprint density at radius 2 is 1.85 bits per heavy atom. The van der Waals surface area contributed by atoms with Gasteiger partial charge in [-0.2, -0.15) is 0 Å². The lowest BCUT2D eigenvalue weighted by atomic mass is 9.97. The van der Waals surface area contributed by atoms with Crippen LogP contribution in [-0.4, -0.2) is 24.6 Å². The Morgan fingerprint density at radius 3 is 2.40 bits per heavy atom. The van der Waals surface area contributed by atoms with Crippen molar-refractivity contribution in [3.8, 4) is 0 Å². The van der Waals surface area contributed by atoms with Crippen molar-refractivity contribution in [3.05, 3.63) is 34.9 Å². The summed E-state index contributed by atoms with van der Waals surface area (Å²) in [5.41, 5.74) is 1.83. The van der Waals surface area contributed by atoms with Crippen LogP contribution in [0.25, 0.3) is 0 Å². The van der Waals surface area contributed by atoms with Crippen molar-refractivity contribution in [2.75, 3.05) is 7.11 Å². The Balaban J connectivity index is 2.82. The maximum Gasteiger partial charge on any atom is 0.338 e. The van der Waals surface area contributed by atoms with E-state index in [9.17, 15) is 9.59 Å². The molecule has 0 aliphatic rings. The van der Waals surface area contributed by atoms with Gasteiger partial charge in [-0.15, -0.1) is 0 Å². The third-order valence-corrected chi connectivity index (χ3v) is 2.81. The molecule has 0 atom stereocenters. The molecule has 0 spiro atoms. The van der Waals surface area contributed by atoms with Gasteiger partial charge in [0.25, 0.3) is 0 Å². The van der Waals surface area contributed by atoms with Gasteiger partial charge in [0, 0.05) is 6.42 Å². The normalized spacial score (nSPS) is 11.1. The van der Waals surface area contributed by atoms with E-state index in [4.69, 9.17) is 9.47 Å². The maximum absolute atomic E-state index is 11.8. The van der Waals surface area contributed by atoms with Gasteiger partial charge >= 0.3 is 11.9 Å². The van der Waals surface area contributed by atoms with Crippen molar-refractivity contribution in [1.82, 2.24) is 0 Å². The second kappa shape index (κ2) is 6.55. The molecule has 1 rings (SSSR count). The Morgan fingerprint density at radius 1 is 1.20 bits per heavy atom. The molecular weight excluding hydrogens is 256 g/mol. The fourth-order valence-corrected chi connectivity index (χ4v) is 1.95. The highest BCUT2D eigenvalue weighted by molar-refractivity contribution is 5.91. The summed E-state index contributed by atoms with van der Waals surface area (Å²) in [4.78, 5) is 23.5. The molecule has 0 saturated carbocycles. The van der Waals surface area contributed by atoms with E-state index < -0.39 is 5.60 Å². The lowest BCUT2D eigenvalue weighted by Gasteiger charge is -2.19. The van der Waals surface area contributed by atoms with Crippen LogP contribution in [0.4, 0.5) is 0 Å². The summed E-state index contributed by atoms with van der Waals surface area (Å²) in [5.74, 6) is -0.649. The zero-order valence-corrected chi connectivity index (χ0v) is 12.8. The molecular formula is C16H22O4. The van der Waals surface area contributed by atoms with Crippen LogP contribution in [0.2, 0.25) is 0 Å². The van der Waals surface area contributed by atoms with Gasteiger partial charge in [-0.05, 0) is 51.3 Å². The smallest absolute Gasteiger partial charge is 0.338 e. The van der Waals surface area contributed by atoms with E-state index in [0.29, 0.717) is 12.0 Å². The van der Waals surface area contributed by atoms with Gasteiger partial charge in [0.2, 0.25) is 0 Å². The summed E-state index contributed by atoms with van der Waals surface area (Å²) < 4.78 is 10.0. The second-order valence-electron chi connectivity index (χ2n) is 5.68. The molecule has 1 aromatic rings. The van der Waals surface area contributed by atoms with Crippen molar-refractivity contribution < 1.29 is 19.1 Å². The molecule has 1 aromatic carbocycles. The first-order valence-electron chi connectivity index (χ1n) is 6.63. The first-order chi connectivity index (χ1) is 9.24. The van der Waals surface area contributed by atoms with Gasteiger partial charge < -0.3 is 9.47 Å². The number of methoxy groups -OCH3 is 1. The minimum absolute atomic E-state index is 0.242. The molecule has 4 nitrogen and oxygen atoms in total. The molecule has 0 fully saturated rings. The largest absolute Gasteiger partial charge is 0.465 e. The van der Waals surface area contributed by atoms with Gasteiger partial charge in [-0.25, -0.2) is 4.79 Å². The average molecular weight is 278 g/mol. The number of esters is 2. The molecule has 0 aliphatic heterocycles. The molecule has 0 aliphatic carbocycles. The fraction of sp³-hybridized carbons (Fsp3) is 0.500. The molecule has 0 heterocycles. The van der Waals surface area contributed by atoms with Crippen LogP contribution in [0.1, 0.15) is 48.7 Å². The molecule has 0 unspecified atom stereocenters. The van der Waals surface area contributed by atoms with E-state index in [0.717, 1.165) is 11.1 Å². The zero-order chi connectivity index (χ0) is 15.3. The maximum atomic E-state index is 11.8. The van der Waals surface area contributed by atoms with Gasteiger partial charge in [-0.3, -0.25) is 4.79 Å². The highest BCUT2D eigenvalue weighted by atomic mass is 16.6. The van der Waals surface area contributed by atoms with Crippen molar-refractivity contribution in [2.45, 2.75) is 46.1 Å². The van der Waals surface area contributed by atoms with Crippen molar-refractivity contribution >= 4 is 11.9 Å². The van der Waals surface area contributed by atoms with Gasteiger partial charge in [-0.1, -0.05) is 12.1 Å². The van der Waals surface area contributed by atoms with E-state index in [2.05, 4.69) is 0 Å². The SMILES string of the molecule is COC(=O)c1cccc(C)c1CCC(=O)OC(C)(C)C. The molecule has 110 valence electrons. The second-order valence-corrected chi connectivity index (χ2v) is 5.68. The monoisotopic (exact) mass is 278 g/mol. The molecule has 0 N–H and O–H groups in total. The minimum atomic E-state index is -0.492. The third kappa shape index (κ3) is 4.68. The summed E-state index contributed by atoms with van der Waals surface area (Å²) >= 11 is 0.